The second-order valence-electron chi connectivity index (χ2n) is 4.71. The fourth-order valence-electron chi connectivity index (χ4n) is 2.34. The van der Waals surface area contributed by atoms with Crippen molar-refractivity contribution in [1.29, 1.82) is 0 Å². The molecule has 2 heterocycles. The van der Waals surface area contributed by atoms with Crippen LogP contribution in [0.25, 0.3) is 5.69 Å². The third kappa shape index (κ3) is 2.00. The van der Waals surface area contributed by atoms with Gasteiger partial charge >= 0.3 is 0 Å². The lowest BCUT2D eigenvalue weighted by atomic mass is 10.1. The fraction of sp³-hybridized carbons (Fsp3) is 0. The minimum Gasteiger partial charge on any atom is -0.505 e. The molecule has 23 heavy (non-hydrogen) atoms. The molecule has 116 valence electrons. The first-order valence-corrected chi connectivity index (χ1v) is 6.20. The van der Waals surface area contributed by atoms with Crippen molar-refractivity contribution in [2.75, 3.05) is 5.73 Å². The van der Waals surface area contributed by atoms with Gasteiger partial charge in [-0.3, -0.25) is 34.4 Å². The van der Waals surface area contributed by atoms with Gasteiger partial charge in [0.1, 0.15) is 11.6 Å². The van der Waals surface area contributed by atoms with Gasteiger partial charge < -0.3 is 10.8 Å². The number of phenolic OH excluding ortho intramolecular Hbond substituents is 1. The Hall–Kier alpha value is -3.69. The van der Waals surface area contributed by atoms with Crippen LogP contribution in [0.15, 0.2) is 29.1 Å². The Morgan fingerprint density at radius 1 is 1.17 bits per heavy atom. The molecule has 10 heteroatoms. The number of aromatic hydroxyl groups is 1. The van der Waals surface area contributed by atoms with Crippen LogP contribution in [-0.4, -0.2) is 26.4 Å². The van der Waals surface area contributed by atoms with Gasteiger partial charge in [0.25, 0.3) is 23.1 Å². The number of carbonyl (C=O) groups excluding carboxylic acids is 2. The quantitative estimate of drug-likeness (QED) is 0.397. The summed E-state index contributed by atoms with van der Waals surface area (Å²) in [6, 6.07) is 3.94. The van der Waals surface area contributed by atoms with E-state index in [0.29, 0.717) is 0 Å². The Bertz CT molecular complexity index is 962. The summed E-state index contributed by atoms with van der Waals surface area (Å²) in [5, 5.41) is 22.6. The Kier molecular flexibility index (Phi) is 2.89. The van der Waals surface area contributed by atoms with E-state index in [2.05, 4.69) is 0 Å². The first-order chi connectivity index (χ1) is 10.8. The molecule has 0 saturated carbocycles. The van der Waals surface area contributed by atoms with Gasteiger partial charge in [0.05, 0.1) is 27.8 Å². The number of imide groups is 1. The normalized spacial score (nSPS) is 12.9. The van der Waals surface area contributed by atoms with Crippen LogP contribution in [0, 0.1) is 10.1 Å². The maximum absolute atomic E-state index is 12.2. The number of hydrogen-bond donors (Lipinski definition) is 3. The highest BCUT2D eigenvalue weighted by molar-refractivity contribution is 6.23. The van der Waals surface area contributed by atoms with Crippen LogP contribution in [0.1, 0.15) is 20.7 Å². The lowest BCUT2D eigenvalue weighted by molar-refractivity contribution is -0.384. The van der Waals surface area contributed by atoms with Gasteiger partial charge in [-0.05, 0) is 6.07 Å². The molecule has 1 aromatic carbocycles. The zero-order valence-corrected chi connectivity index (χ0v) is 11.3. The first-order valence-electron chi connectivity index (χ1n) is 6.20. The topological polar surface area (TPSA) is 158 Å². The van der Waals surface area contributed by atoms with Crippen molar-refractivity contribution in [3.05, 3.63) is 55.9 Å². The molecule has 0 fully saturated rings. The van der Waals surface area contributed by atoms with Crippen LogP contribution in [-0.2, 0) is 0 Å². The largest absolute Gasteiger partial charge is 0.505 e. The predicted octanol–water partition coefficient (Wildman–Crippen LogP) is -0.0829. The maximum atomic E-state index is 12.2. The number of amides is 2. The van der Waals surface area contributed by atoms with Crippen LogP contribution in [0.2, 0.25) is 0 Å². The zero-order valence-electron chi connectivity index (χ0n) is 11.3. The van der Waals surface area contributed by atoms with Gasteiger partial charge in [0, 0.05) is 12.1 Å². The molecule has 3 rings (SSSR count). The minimum atomic E-state index is -0.768. The monoisotopic (exact) mass is 316 g/mol. The Morgan fingerprint density at radius 3 is 2.48 bits per heavy atom. The molecule has 0 atom stereocenters. The molecule has 2 amide bonds. The molecular weight excluding hydrogens is 308 g/mol. The molecule has 1 aliphatic heterocycles. The molecule has 4 N–H and O–H groups in total. The number of nitro benzene ring substituents is 1. The van der Waals surface area contributed by atoms with E-state index in [1.165, 1.54) is 0 Å². The molecule has 0 bridgehead atoms. The average molecular weight is 316 g/mol. The van der Waals surface area contributed by atoms with E-state index in [-0.39, 0.29) is 28.3 Å². The number of rotatable bonds is 2. The van der Waals surface area contributed by atoms with Crippen molar-refractivity contribution < 1.29 is 19.6 Å². The molecule has 1 aromatic heterocycles. The number of hydrogen-bond acceptors (Lipinski definition) is 7. The van der Waals surface area contributed by atoms with Crippen LogP contribution in [0.4, 0.5) is 11.5 Å². The summed E-state index contributed by atoms with van der Waals surface area (Å²) in [6.07, 6.45) is 0. The van der Waals surface area contributed by atoms with Gasteiger partial charge in [0.2, 0.25) is 0 Å². The minimum absolute atomic E-state index is 0.145. The summed E-state index contributed by atoms with van der Waals surface area (Å²) in [5.41, 5.74) is 4.15. The van der Waals surface area contributed by atoms with E-state index in [0.717, 1.165) is 28.8 Å². The molecular formula is C13H8N4O6. The Morgan fingerprint density at radius 2 is 1.87 bits per heavy atom. The second kappa shape index (κ2) is 4.66. The Labute approximate surface area is 126 Å². The van der Waals surface area contributed by atoms with E-state index in [1.807, 2.05) is 5.32 Å². The number of non-ortho nitro benzene ring substituents is 1. The lowest BCUT2D eigenvalue weighted by Crippen LogP contribution is -2.24. The van der Waals surface area contributed by atoms with Gasteiger partial charge in [0.15, 0.2) is 0 Å². The highest BCUT2D eigenvalue weighted by Crippen LogP contribution is 2.29. The molecule has 0 spiro atoms. The number of nitrogens with one attached hydrogen (secondary N) is 1. The summed E-state index contributed by atoms with van der Waals surface area (Å²) < 4.78 is 0.802. The number of nitrogens with zero attached hydrogens (tertiary/aromatic N) is 2. The molecule has 1 aliphatic rings. The molecule has 2 aromatic rings. The molecule has 0 saturated heterocycles. The van der Waals surface area contributed by atoms with Gasteiger partial charge in [-0.25, -0.2) is 0 Å². The number of nitro groups is 1. The fourth-order valence-corrected chi connectivity index (χ4v) is 2.34. The second-order valence-corrected chi connectivity index (χ2v) is 4.71. The molecule has 0 radical (unpaired) electrons. The number of benzene rings is 1. The number of phenols is 1. The SMILES string of the molecule is Nc1c2c(cc(=O)n1-c1ccc([N+](=O)[O-])cc1O)C(=O)NC2=O. The van der Waals surface area contributed by atoms with Crippen LogP contribution >= 0.6 is 0 Å². The molecule has 10 nitrogen and oxygen atoms in total. The standard InChI is InChI=1S/C13H8N4O6/c14-11-10-6(12(20)15-13(10)21)4-9(19)16(11)7-2-1-5(17(22)23)3-8(7)18/h1-4,18H,14H2,(H,15,20,21). The van der Waals surface area contributed by atoms with Crippen molar-refractivity contribution in [2.45, 2.75) is 0 Å². The van der Waals surface area contributed by atoms with Crippen LogP contribution in [0.3, 0.4) is 0 Å². The summed E-state index contributed by atoms with van der Waals surface area (Å²) in [6.45, 7) is 0. The van der Waals surface area contributed by atoms with Crippen molar-refractivity contribution in [3.8, 4) is 11.4 Å². The number of carbonyl (C=O) groups is 2. The third-order valence-corrected chi connectivity index (χ3v) is 3.36. The van der Waals surface area contributed by atoms with E-state index in [4.69, 9.17) is 5.73 Å². The Balaban J connectivity index is 2.29. The van der Waals surface area contributed by atoms with Crippen molar-refractivity contribution in [3.63, 3.8) is 0 Å². The van der Waals surface area contributed by atoms with E-state index in [1.54, 1.807) is 0 Å². The van der Waals surface area contributed by atoms with Crippen molar-refractivity contribution in [2.24, 2.45) is 0 Å². The highest BCUT2D eigenvalue weighted by Gasteiger charge is 2.32. The smallest absolute Gasteiger partial charge is 0.273 e. The van der Waals surface area contributed by atoms with Crippen LogP contribution in [0.5, 0.6) is 5.75 Å². The summed E-state index contributed by atoms with van der Waals surface area (Å²) in [4.78, 5) is 45.4. The number of aromatic nitrogens is 1. The summed E-state index contributed by atoms with van der Waals surface area (Å²) in [5.74, 6) is -2.43. The summed E-state index contributed by atoms with van der Waals surface area (Å²) in [7, 11) is 0. The van der Waals surface area contributed by atoms with Gasteiger partial charge in [-0.2, -0.15) is 0 Å². The van der Waals surface area contributed by atoms with E-state index in [9.17, 15) is 29.6 Å². The predicted molar refractivity (Wildman–Crippen MR) is 76.6 cm³/mol. The van der Waals surface area contributed by atoms with Crippen LogP contribution < -0.4 is 16.6 Å². The summed E-state index contributed by atoms with van der Waals surface area (Å²) >= 11 is 0. The average Bonchev–Trinajstić information content (AvgIpc) is 2.75. The lowest BCUT2D eigenvalue weighted by Gasteiger charge is -2.12. The zero-order chi connectivity index (χ0) is 16.9. The number of anilines is 1. The third-order valence-electron chi connectivity index (χ3n) is 3.36. The van der Waals surface area contributed by atoms with Gasteiger partial charge in [-0.1, -0.05) is 0 Å². The van der Waals surface area contributed by atoms with E-state index < -0.39 is 28.0 Å². The van der Waals surface area contributed by atoms with Crippen molar-refractivity contribution in [1.82, 2.24) is 9.88 Å². The number of nitrogen functional groups attached to an aromatic ring is 1. The van der Waals surface area contributed by atoms with Crippen molar-refractivity contribution >= 4 is 23.3 Å². The number of nitrogens with two attached hydrogens (primary N) is 1. The first kappa shape index (κ1) is 14.3. The van der Waals surface area contributed by atoms with E-state index >= 15 is 0 Å². The highest BCUT2D eigenvalue weighted by atomic mass is 16.6. The number of pyridine rings is 1. The molecule has 0 aliphatic carbocycles. The number of fused-ring (bicyclic) bond motifs is 1. The molecule has 0 unspecified atom stereocenters. The van der Waals surface area contributed by atoms with Gasteiger partial charge in [-0.15, -0.1) is 0 Å². The maximum Gasteiger partial charge on any atom is 0.273 e.